The van der Waals surface area contributed by atoms with Crippen molar-refractivity contribution in [2.75, 3.05) is 40.4 Å². The highest BCUT2D eigenvalue weighted by Gasteiger charge is 2.21. The summed E-state index contributed by atoms with van der Waals surface area (Å²) in [7, 11) is 4.31. The Bertz CT molecular complexity index is 190. The van der Waals surface area contributed by atoms with Gasteiger partial charge < -0.3 is 4.90 Å². The minimum atomic E-state index is 0.634. The minimum absolute atomic E-state index is 0.634. The van der Waals surface area contributed by atoms with Crippen molar-refractivity contribution >= 4 is 6.41 Å². The Kier molecular flexibility index (Phi) is 5.05. The van der Waals surface area contributed by atoms with Crippen LogP contribution in [0.5, 0.6) is 0 Å². The summed E-state index contributed by atoms with van der Waals surface area (Å²) < 4.78 is 0. The van der Waals surface area contributed by atoms with Crippen LogP contribution in [0.2, 0.25) is 0 Å². The summed E-state index contributed by atoms with van der Waals surface area (Å²) >= 11 is 0. The van der Waals surface area contributed by atoms with Crippen molar-refractivity contribution in [3.05, 3.63) is 0 Å². The second-order valence-electron chi connectivity index (χ2n) is 4.44. The van der Waals surface area contributed by atoms with E-state index in [1.807, 2.05) is 4.90 Å². The van der Waals surface area contributed by atoms with Crippen molar-refractivity contribution in [2.24, 2.45) is 0 Å². The molecule has 0 N–H and O–H groups in total. The molecule has 0 bridgehead atoms. The number of hydrogen-bond donors (Lipinski definition) is 0. The Balaban J connectivity index is 2.29. The van der Waals surface area contributed by atoms with E-state index in [1.165, 1.54) is 0 Å². The van der Waals surface area contributed by atoms with Crippen LogP contribution >= 0.6 is 0 Å². The molecule has 1 saturated heterocycles. The molecule has 0 spiro atoms. The maximum absolute atomic E-state index is 10.6. The monoisotopic (exact) mass is 213 g/mol. The standard InChI is InChI=1S/C11H23N3O/c1-4-12(2)9-13(3)11-5-7-14(10-15)8-6-11/h10-11H,4-9H2,1-3H3. The number of piperidine rings is 1. The van der Waals surface area contributed by atoms with Crippen LogP contribution in [0.1, 0.15) is 19.8 Å². The van der Waals surface area contributed by atoms with Gasteiger partial charge in [0.2, 0.25) is 6.41 Å². The molecule has 1 rings (SSSR count). The van der Waals surface area contributed by atoms with Crippen LogP contribution in [0.15, 0.2) is 0 Å². The Morgan fingerprint density at radius 3 is 2.40 bits per heavy atom. The van der Waals surface area contributed by atoms with Crippen molar-refractivity contribution in [3.8, 4) is 0 Å². The van der Waals surface area contributed by atoms with Crippen molar-refractivity contribution < 1.29 is 4.79 Å². The molecule has 88 valence electrons. The molecular weight excluding hydrogens is 190 g/mol. The smallest absolute Gasteiger partial charge is 0.209 e. The lowest BCUT2D eigenvalue weighted by molar-refractivity contribution is -0.119. The summed E-state index contributed by atoms with van der Waals surface area (Å²) in [5.74, 6) is 0. The fourth-order valence-corrected chi connectivity index (χ4v) is 2.03. The molecule has 1 aliphatic rings. The lowest BCUT2D eigenvalue weighted by Crippen LogP contribution is -2.46. The highest BCUT2D eigenvalue weighted by Crippen LogP contribution is 2.14. The zero-order chi connectivity index (χ0) is 11.3. The van der Waals surface area contributed by atoms with Gasteiger partial charge in [0, 0.05) is 19.1 Å². The van der Waals surface area contributed by atoms with E-state index < -0.39 is 0 Å². The third-order valence-electron chi connectivity index (χ3n) is 3.28. The van der Waals surface area contributed by atoms with Crippen LogP contribution < -0.4 is 0 Å². The first-order valence-electron chi connectivity index (χ1n) is 5.75. The van der Waals surface area contributed by atoms with Gasteiger partial charge in [-0.05, 0) is 33.5 Å². The first-order chi connectivity index (χ1) is 7.17. The van der Waals surface area contributed by atoms with Crippen LogP contribution in [-0.4, -0.2) is 67.5 Å². The first-order valence-corrected chi connectivity index (χ1v) is 5.75. The Labute approximate surface area is 92.8 Å². The number of amides is 1. The number of nitrogens with zero attached hydrogens (tertiary/aromatic N) is 3. The van der Waals surface area contributed by atoms with E-state index in [9.17, 15) is 4.79 Å². The van der Waals surface area contributed by atoms with E-state index in [2.05, 4.69) is 30.8 Å². The van der Waals surface area contributed by atoms with Crippen molar-refractivity contribution in [1.29, 1.82) is 0 Å². The number of carbonyl (C=O) groups is 1. The Hall–Kier alpha value is -0.610. The average molecular weight is 213 g/mol. The summed E-state index contributed by atoms with van der Waals surface area (Å²) in [6.45, 7) is 6.09. The molecule has 4 nitrogen and oxygen atoms in total. The lowest BCUT2D eigenvalue weighted by Gasteiger charge is -2.36. The molecule has 0 saturated carbocycles. The summed E-state index contributed by atoms with van der Waals surface area (Å²) in [4.78, 5) is 17.1. The molecule has 1 aliphatic heterocycles. The number of likely N-dealkylation sites (tertiary alicyclic amines) is 1. The SMILES string of the molecule is CCN(C)CN(C)C1CCN(C=O)CC1. The van der Waals surface area contributed by atoms with Gasteiger partial charge in [-0.2, -0.15) is 0 Å². The number of hydrogen-bond acceptors (Lipinski definition) is 3. The quantitative estimate of drug-likeness (QED) is 0.490. The minimum Gasteiger partial charge on any atom is -0.345 e. The van der Waals surface area contributed by atoms with Crippen LogP contribution in [0.3, 0.4) is 0 Å². The molecule has 4 heteroatoms. The molecule has 0 atom stereocenters. The van der Waals surface area contributed by atoms with Gasteiger partial charge in [-0.1, -0.05) is 6.92 Å². The van der Waals surface area contributed by atoms with Crippen molar-refractivity contribution in [2.45, 2.75) is 25.8 Å². The molecule has 0 radical (unpaired) electrons. The second kappa shape index (κ2) is 6.08. The summed E-state index contributed by atoms with van der Waals surface area (Å²) in [5, 5.41) is 0. The zero-order valence-corrected chi connectivity index (χ0v) is 10.1. The molecule has 15 heavy (non-hydrogen) atoms. The van der Waals surface area contributed by atoms with Gasteiger partial charge in [-0.25, -0.2) is 0 Å². The van der Waals surface area contributed by atoms with Crippen LogP contribution in [0.25, 0.3) is 0 Å². The van der Waals surface area contributed by atoms with E-state index in [1.54, 1.807) is 0 Å². The molecule has 0 aliphatic carbocycles. The van der Waals surface area contributed by atoms with E-state index in [4.69, 9.17) is 0 Å². The predicted molar refractivity (Wildman–Crippen MR) is 61.6 cm³/mol. The van der Waals surface area contributed by atoms with Gasteiger partial charge in [0.1, 0.15) is 0 Å². The van der Waals surface area contributed by atoms with Gasteiger partial charge >= 0.3 is 0 Å². The topological polar surface area (TPSA) is 26.8 Å². The molecule has 0 aromatic heterocycles. The van der Waals surface area contributed by atoms with Crippen LogP contribution in [0.4, 0.5) is 0 Å². The zero-order valence-electron chi connectivity index (χ0n) is 10.1. The summed E-state index contributed by atoms with van der Waals surface area (Å²) in [6.07, 6.45) is 3.17. The van der Waals surface area contributed by atoms with Gasteiger partial charge in [0.15, 0.2) is 0 Å². The Morgan fingerprint density at radius 2 is 1.93 bits per heavy atom. The fraction of sp³-hybridized carbons (Fsp3) is 0.909. The van der Waals surface area contributed by atoms with Crippen molar-refractivity contribution in [1.82, 2.24) is 14.7 Å². The van der Waals surface area contributed by atoms with Crippen molar-refractivity contribution in [3.63, 3.8) is 0 Å². The van der Waals surface area contributed by atoms with E-state index in [-0.39, 0.29) is 0 Å². The first kappa shape index (κ1) is 12.5. The average Bonchev–Trinajstić information content (AvgIpc) is 2.29. The maximum Gasteiger partial charge on any atom is 0.209 e. The lowest BCUT2D eigenvalue weighted by atomic mass is 10.0. The highest BCUT2D eigenvalue weighted by molar-refractivity contribution is 5.47. The second-order valence-corrected chi connectivity index (χ2v) is 4.44. The third-order valence-corrected chi connectivity index (χ3v) is 3.28. The number of rotatable bonds is 5. The molecule has 0 unspecified atom stereocenters. The molecule has 0 aromatic rings. The predicted octanol–water partition coefficient (Wildman–Crippen LogP) is 0.448. The summed E-state index contributed by atoms with van der Waals surface area (Å²) in [6, 6.07) is 0.634. The molecule has 1 heterocycles. The largest absolute Gasteiger partial charge is 0.345 e. The van der Waals surface area contributed by atoms with Gasteiger partial charge in [-0.3, -0.25) is 14.6 Å². The molecule has 1 fully saturated rings. The van der Waals surface area contributed by atoms with Gasteiger partial charge in [0.05, 0.1) is 6.67 Å². The fourth-order valence-electron chi connectivity index (χ4n) is 2.03. The van der Waals surface area contributed by atoms with E-state index >= 15 is 0 Å². The molecular formula is C11H23N3O. The maximum atomic E-state index is 10.6. The van der Waals surface area contributed by atoms with E-state index in [0.29, 0.717) is 6.04 Å². The normalized spacial score (nSPS) is 18.9. The molecule has 1 amide bonds. The summed E-state index contributed by atoms with van der Waals surface area (Å²) in [5.41, 5.74) is 0. The highest BCUT2D eigenvalue weighted by atomic mass is 16.1. The Morgan fingerprint density at radius 1 is 1.33 bits per heavy atom. The van der Waals surface area contributed by atoms with Crippen LogP contribution in [0, 0.1) is 0 Å². The van der Waals surface area contributed by atoms with Gasteiger partial charge in [0.25, 0.3) is 0 Å². The van der Waals surface area contributed by atoms with E-state index in [0.717, 1.165) is 45.6 Å². The molecule has 0 aromatic carbocycles. The van der Waals surface area contributed by atoms with Crippen LogP contribution in [-0.2, 0) is 4.79 Å². The third kappa shape index (κ3) is 3.80. The van der Waals surface area contributed by atoms with Gasteiger partial charge in [-0.15, -0.1) is 0 Å². The number of carbonyl (C=O) groups excluding carboxylic acids is 1.